The standard InChI is InChI=1S/C13H18N2O2S.C2H6OS.2HI.Pt/c1-10-6-8-11(9-7-10)18(16,17)15-13-5-3-2-4-12(13)14;1-4(2)3;;;/h6-9,12-14H,2-5H2,1H3;1-2H3;2*1H;/q-2;;;;+4/p-2/t12-,13-;;;;/m1..../s1. The fourth-order valence-corrected chi connectivity index (χ4v) is 3.40. The number of halogens is 2. The maximum Gasteiger partial charge on any atom is 4.00 e. The van der Waals surface area contributed by atoms with Gasteiger partial charge >= 0.3 is 21.1 Å². The van der Waals surface area contributed by atoms with Crippen molar-refractivity contribution in [2.24, 2.45) is 0 Å². The van der Waals surface area contributed by atoms with Crippen LogP contribution in [0.25, 0.3) is 10.5 Å². The second-order valence-corrected chi connectivity index (χ2v) is 8.71. The van der Waals surface area contributed by atoms with Gasteiger partial charge in [0.2, 0.25) is 0 Å². The zero-order valence-electron chi connectivity index (χ0n) is 14.4. The van der Waals surface area contributed by atoms with E-state index in [1.165, 1.54) is 0 Å². The molecular weight excluding hydrogens is 769 g/mol. The molecule has 0 aromatic heterocycles. The van der Waals surface area contributed by atoms with Crippen molar-refractivity contribution < 1.29 is 81.6 Å². The van der Waals surface area contributed by atoms with Crippen molar-refractivity contribution in [3.8, 4) is 0 Å². The van der Waals surface area contributed by atoms with Crippen LogP contribution in [-0.4, -0.2) is 37.2 Å². The summed E-state index contributed by atoms with van der Waals surface area (Å²) in [5.74, 6) is 0. The van der Waals surface area contributed by atoms with Gasteiger partial charge in [-0.25, -0.2) is 8.42 Å². The van der Waals surface area contributed by atoms with Crippen molar-refractivity contribution >= 4 is 20.8 Å². The summed E-state index contributed by atoms with van der Waals surface area (Å²) in [5.41, 5.74) is 8.87. The first-order valence-corrected chi connectivity index (χ1v) is 10.6. The third-order valence-electron chi connectivity index (χ3n) is 3.32. The van der Waals surface area contributed by atoms with E-state index in [1.807, 2.05) is 6.92 Å². The molecule has 25 heavy (non-hydrogen) atoms. The Morgan fingerprint density at radius 1 is 1.08 bits per heavy atom. The maximum absolute atomic E-state index is 12.1. The summed E-state index contributed by atoms with van der Waals surface area (Å²) in [6, 6.07) is 5.94. The normalized spacial score (nSPS) is 19.4. The number of nitrogens with one attached hydrogen (secondary N) is 1. The molecule has 1 aliphatic rings. The Morgan fingerprint density at radius 2 is 1.52 bits per heavy atom. The van der Waals surface area contributed by atoms with E-state index in [4.69, 9.17) is 5.73 Å². The Labute approximate surface area is 202 Å². The van der Waals surface area contributed by atoms with Gasteiger partial charge in [0.15, 0.2) is 0 Å². The van der Waals surface area contributed by atoms with Crippen LogP contribution in [-0.2, 0) is 41.9 Å². The van der Waals surface area contributed by atoms with Crippen molar-refractivity contribution in [2.75, 3.05) is 12.5 Å². The van der Waals surface area contributed by atoms with Crippen LogP contribution in [0.5, 0.6) is 0 Å². The summed E-state index contributed by atoms with van der Waals surface area (Å²) < 4.78 is 37.7. The molecule has 0 amide bonds. The van der Waals surface area contributed by atoms with E-state index < -0.39 is 20.8 Å². The largest absolute Gasteiger partial charge is 4.00 e. The molecule has 1 N–H and O–H groups in total. The first-order valence-electron chi connectivity index (χ1n) is 7.22. The molecule has 1 aliphatic carbocycles. The van der Waals surface area contributed by atoms with E-state index in [-0.39, 0.29) is 86.0 Å². The Kier molecular flexibility index (Phi) is 19.1. The third-order valence-corrected chi connectivity index (χ3v) is 4.74. The van der Waals surface area contributed by atoms with Gasteiger partial charge in [0.05, 0.1) is 0 Å². The number of benzene rings is 1. The molecule has 10 heteroatoms. The van der Waals surface area contributed by atoms with Crippen molar-refractivity contribution in [2.45, 2.75) is 49.6 Å². The van der Waals surface area contributed by atoms with Crippen LogP contribution in [0.3, 0.4) is 0 Å². The Hall–Kier alpha value is 1.39. The second kappa shape index (κ2) is 15.3. The maximum atomic E-state index is 12.1. The molecule has 148 valence electrons. The van der Waals surface area contributed by atoms with Crippen LogP contribution < -0.4 is 48.0 Å². The fourth-order valence-electron chi connectivity index (χ4n) is 2.19. The molecular formula is C15H24I2N2O3PtS2. The third kappa shape index (κ3) is 12.5. The number of hydrogen-bond acceptors (Lipinski definition) is 3. The zero-order chi connectivity index (χ0) is 16.8. The quantitative estimate of drug-likeness (QED) is 0.316. The van der Waals surface area contributed by atoms with Crippen molar-refractivity contribution in [3.63, 3.8) is 0 Å². The van der Waals surface area contributed by atoms with Crippen LogP contribution in [0.15, 0.2) is 29.2 Å². The first kappa shape index (κ1) is 31.1. The topological polar surface area (TPSA) is 89.1 Å². The average molecular weight is 793 g/mol. The van der Waals surface area contributed by atoms with E-state index >= 15 is 0 Å². The van der Waals surface area contributed by atoms with E-state index in [0.29, 0.717) is 6.42 Å². The van der Waals surface area contributed by atoms with Gasteiger partial charge < -0.3 is 58.4 Å². The molecule has 1 aromatic carbocycles. The second-order valence-electron chi connectivity index (χ2n) is 5.59. The van der Waals surface area contributed by atoms with Gasteiger partial charge in [-0.15, -0.1) is 6.04 Å². The number of aryl methyl sites for hydroxylation is 1. The van der Waals surface area contributed by atoms with Crippen molar-refractivity contribution in [1.82, 2.24) is 0 Å². The summed E-state index contributed by atoms with van der Waals surface area (Å²) >= 11 is 0. The Balaban J connectivity index is -0.000000629. The molecule has 0 saturated heterocycles. The summed E-state index contributed by atoms with van der Waals surface area (Å²) in [5, 5.41) is 0. The number of rotatable bonds is 3. The van der Waals surface area contributed by atoms with Gasteiger partial charge in [-0.05, 0) is 19.1 Å². The van der Waals surface area contributed by atoms with Gasteiger partial charge in [0, 0.05) is 28.2 Å². The Bertz CT molecular complexity index is 597. The molecule has 1 aromatic rings. The molecule has 1 saturated carbocycles. The van der Waals surface area contributed by atoms with E-state index in [0.717, 1.165) is 24.8 Å². The number of hydrogen-bond donors (Lipinski definition) is 0. The molecule has 2 atom stereocenters. The molecule has 0 radical (unpaired) electrons. The average Bonchev–Trinajstić information content (AvgIpc) is 2.41. The van der Waals surface area contributed by atoms with E-state index in [2.05, 4.69) is 4.72 Å². The molecule has 5 nitrogen and oxygen atoms in total. The smallest absolute Gasteiger partial charge is 1.00 e. The van der Waals surface area contributed by atoms with Gasteiger partial charge in [-0.1, -0.05) is 43.4 Å². The van der Waals surface area contributed by atoms with Gasteiger partial charge in [-0.2, -0.15) is 6.04 Å². The molecule has 1 fully saturated rings. The predicted octanol–water partition coefficient (Wildman–Crippen LogP) is -2.58. The van der Waals surface area contributed by atoms with E-state index in [1.54, 1.807) is 36.8 Å². The summed E-state index contributed by atoms with van der Waals surface area (Å²) in [4.78, 5) is 0.228. The van der Waals surface area contributed by atoms with Gasteiger partial charge in [0.1, 0.15) is 10.0 Å². The molecule has 0 spiro atoms. The minimum Gasteiger partial charge on any atom is -1.00 e. The summed E-state index contributed by atoms with van der Waals surface area (Å²) in [7, 11) is -4.22. The zero-order valence-corrected chi connectivity index (χ0v) is 22.6. The van der Waals surface area contributed by atoms with Crippen molar-refractivity contribution in [3.05, 3.63) is 40.3 Å². The monoisotopic (exact) mass is 793 g/mol. The summed E-state index contributed by atoms with van der Waals surface area (Å²) in [6.45, 7) is 1.91. The van der Waals surface area contributed by atoms with Crippen LogP contribution in [0, 0.1) is 6.92 Å². The Morgan fingerprint density at radius 3 is 1.96 bits per heavy atom. The SMILES string of the molecule is CS(C)=O.Cc1ccc(S(=O)(=O)[N-][C@@H]2CCCC[C@H]2[NH-])cc1.[I-].[I-].[Pt+4]. The van der Waals surface area contributed by atoms with Crippen LogP contribution in [0.1, 0.15) is 31.2 Å². The minimum atomic E-state index is -3.60. The molecule has 0 unspecified atom stereocenters. The molecule has 0 bridgehead atoms. The number of nitrogens with zero attached hydrogens (tertiary/aromatic N) is 1. The molecule has 2 rings (SSSR count). The van der Waals surface area contributed by atoms with E-state index in [9.17, 15) is 12.6 Å². The minimum absolute atomic E-state index is 0. The fraction of sp³-hybridized carbons (Fsp3) is 0.600. The molecule has 0 heterocycles. The number of sulfonamides is 1. The predicted molar refractivity (Wildman–Crippen MR) is 92.1 cm³/mol. The van der Waals surface area contributed by atoms with Crippen LogP contribution in [0.4, 0.5) is 0 Å². The van der Waals surface area contributed by atoms with Crippen molar-refractivity contribution in [1.29, 1.82) is 0 Å². The van der Waals surface area contributed by atoms with Gasteiger partial charge in [0.25, 0.3) is 0 Å². The summed E-state index contributed by atoms with van der Waals surface area (Å²) in [6.07, 6.45) is 6.70. The first-order chi connectivity index (χ1) is 10.2. The van der Waals surface area contributed by atoms with Crippen LogP contribution >= 0.6 is 0 Å². The van der Waals surface area contributed by atoms with Gasteiger partial charge in [-0.3, -0.25) is 4.21 Å². The molecule has 0 aliphatic heterocycles. The van der Waals surface area contributed by atoms with Crippen LogP contribution in [0.2, 0.25) is 0 Å².